The highest BCUT2D eigenvalue weighted by Gasteiger charge is 2.34. The predicted molar refractivity (Wildman–Crippen MR) is 74.0 cm³/mol. The summed E-state index contributed by atoms with van der Waals surface area (Å²) in [6.45, 7) is 2.06. The van der Waals surface area contributed by atoms with E-state index in [0.717, 1.165) is 17.4 Å². The molecule has 0 aromatic carbocycles. The largest absolute Gasteiger partial charge is 0.271 e. The highest BCUT2D eigenvalue weighted by Crippen LogP contribution is 2.43. The molecule has 0 atom stereocenters. The molecular weight excluding hydrogens is 332 g/mol. The number of halogens is 2. The highest BCUT2D eigenvalue weighted by atomic mass is 79.9. The fourth-order valence-corrected chi connectivity index (χ4v) is 3.95. The first-order valence-corrected chi connectivity index (χ1v) is 7.73. The van der Waals surface area contributed by atoms with E-state index >= 15 is 0 Å². The quantitative estimate of drug-likeness (QED) is 0.754. The van der Waals surface area contributed by atoms with Gasteiger partial charge in [-0.2, -0.15) is 5.10 Å². The van der Waals surface area contributed by atoms with E-state index in [1.54, 1.807) is 0 Å². The molecule has 0 amide bonds. The summed E-state index contributed by atoms with van der Waals surface area (Å²) in [5.41, 5.74) is 2.90. The van der Waals surface area contributed by atoms with Gasteiger partial charge in [0.1, 0.15) is 0 Å². The van der Waals surface area contributed by atoms with Crippen LogP contribution in [0.5, 0.6) is 0 Å². The van der Waals surface area contributed by atoms with Crippen LogP contribution in [0.1, 0.15) is 37.1 Å². The van der Waals surface area contributed by atoms with Gasteiger partial charge in [0.05, 0.1) is 15.9 Å². The number of aromatic nitrogens is 2. The van der Waals surface area contributed by atoms with Gasteiger partial charge >= 0.3 is 0 Å². The molecule has 0 spiro atoms. The number of aryl methyl sites for hydroxylation is 2. The summed E-state index contributed by atoms with van der Waals surface area (Å²) in [6.07, 6.45) is 6.57. The first-order chi connectivity index (χ1) is 7.58. The summed E-state index contributed by atoms with van der Waals surface area (Å²) in [4.78, 5) is 0. The van der Waals surface area contributed by atoms with Crippen molar-refractivity contribution in [2.75, 3.05) is 5.33 Å². The van der Waals surface area contributed by atoms with Crippen LogP contribution in [-0.2, 0) is 13.5 Å². The average Bonchev–Trinajstić information content (AvgIpc) is 2.81. The van der Waals surface area contributed by atoms with Gasteiger partial charge in [0.15, 0.2) is 0 Å². The summed E-state index contributed by atoms with van der Waals surface area (Å²) in [5.74, 6) is 0. The third-order valence-corrected chi connectivity index (χ3v) is 5.97. The van der Waals surface area contributed by atoms with Gasteiger partial charge in [0, 0.05) is 12.4 Å². The van der Waals surface area contributed by atoms with E-state index in [-0.39, 0.29) is 0 Å². The lowest BCUT2D eigenvalue weighted by Gasteiger charge is -2.26. The van der Waals surface area contributed by atoms with Crippen molar-refractivity contribution in [3.8, 4) is 0 Å². The summed E-state index contributed by atoms with van der Waals surface area (Å²) in [6, 6.07) is 0. The third-order valence-electron chi connectivity index (χ3n) is 3.75. The molecule has 1 fully saturated rings. The molecule has 2 nitrogen and oxygen atoms in total. The highest BCUT2D eigenvalue weighted by molar-refractivity contribution is 9.10. The molecule has 0 saturated heterocycles. The lowest BCUT2D eigenvalue weighted by atomic mass is 9.84. The first-order valence-electron chi connectivity index (χ1n) is 5.82. The van der Waals surface area contributed by atoms with Crippen LogP contribution in [-0.4, -0.2) is 15.1 Å². The van der Waals surface area contributed by atoms with Crippen molar-refractivity contribution in [1.29, 1.82) is 0 Å². The van der Waals surface area contributed by atoms with Crippen LogP contribution in [0.4, 0.5) is 0 Å². The zero-order valence-corrected chi connectivity index (χ0v) is 13.1. The van der Waals surface area contributed by atoms with E-state index in [1.165, 1.54) is 35.8 Å². The van der Waals surface area contributed by atoms with Gasteiger partial charge in [0.2, 0.25) is 0 Å². The van der Waals surface area contributed by atoms with Crippen LogP contribution in [0, 0.1) is 12.3 Å². The topological polar surface area (TPSA) is 17.8 Å². The van der Waals surface area contributed by atoms with Crippen molar-refractivity contribution in [2.45, 2.75) is 39.0 Å². The van der Waals surface area contributed by atoms with Gasteiger partial charge in [-0.25, -0.2) is 0 Å². The Balaban J connectivity index is 2.25. The van der Waals surface area contributed by atoms with E-state index in [1.807, 2.05) is 11.7 Å². The molecule has 0 unspecified atom stereocenters. The minimum absolute atomic E-state index is 0.461. The summed E-state index contributed by atoms with van der Waals surface area (Å²) in [7, 11) is 2.05. The summed E-state index contributed by atoms with van der Waals surface area (Å²) >= 11 is 7.36. The molecule has 1 aliphatic rings. The van der Waals surface area contributed by atoms with E-state index < -0.39 is 0 Å². The minimum Gasteiger partial charge on any atom is -0.271 e. The van der Waals surface area contributed by atoms with Gasteiger partial charge < -0.3 is 0 Å². The molecule has 90 valence electrons. The maximum atomic E-state index is 4.47. The second kappa shape index (κ2) is 4.81. The number of rotatable bonds is 3. The van der Waals surface area contributed by atoms with E-state index in [9.17, 15) is 0 Å². The normalized spacial score (nSPS) is 19.2. The van der Waals surface area contributed by atoms with Crippen molar-refractivity contribution in [1.82, 2.24) is 9.78 Å². The fourth-order valence-electron chi connectivity index (χ4n) is 2.71. The SMILES string of the molecule is Cc1nn(C)c(CC2(CBr)CCCC2)c1Br. The van der Waals surface area contributed by atoms with Gasteiger partial charge in [-0.3, -0.25) is 4.68 Å². The molecule has 1 aromatic heterocycles. The molecule has 0 N–H and O–H groups in total. The Kier molecular flexibility index (Phi) is 3.79. The Morgan fingerprint density at radius 3 is 2.44 bits per heavy atom. The molecule has 0 radical (unpaired) electrons. The summed E-state index contributed by atoms with van der Waals surface area (Å²) < 4.78 is 3.23. The molecule has 1 aliphatic carbocycles. The molecule has 2 rings (SSSR count). The Hall–Kier alpha value is 0.170. The molecule has 0 aliphatic heterocycles. The number of hydrogen-bond donors (Lipinski definition) is 0. The number of hydrogen-bond acceptors (Lipinski definition) is 1. The van der Waals surface area contributed by atoms with Crippen molar-refractivity contribution in [2.24, 2.45) is 12.5 Å². The second-order valence-electron chi connectivity index (χ2n) is 4.99. The van der Waals surface area contributed by atoms with Gasteiger partial charge in [-0.15, -0.1) is 0 Å². The van der Waals surface area contributed by atoms with Gasteiger partial charge in [-0.1, -0.05) is 28.8 Å². The lowest BCUT2D eigenvalue weighted by Crippen LogP contribution is -2.23. The van der Waals surface area contributed by atoms with E-state index in [0.29, 0.717) is 5.41 Å². The van der Waals surface area contributed by atoms with E-state index in [2.05, 4.69) is 43.9 Å². The molecule has 1 saturated carbocycles. The van der Waals surface area contributed by atoms with Crippen LogP contribution in [0.2, 0.25) is 0 Å². The Morgan fingerprint density at radius 2 is 2.00 bits per heavy atom. The Morgan fingerprint density at radius 1 is 1.38 bits per heavy atom. The molecule has 1 heterocycles. The van der Waals surface area contributed by atoms with Crippen LogP contribution in [0.3, 0.4) is 0 Å². The van der Waals surface area contributed by atoms with Crippen molar-refractivity contribution in [3.63, 3.8) is 0 Å². The van der Waals surface area contributed by atoms with Gasteiger partial charge in [0.25, 0.3) is 0 Å². The zero-order chi connectivity index (χ0) is 11.8. The lowest BCUT2D eigenvalue weighted by molar-refractivity contribution is 0.337. The van der Waals surface area contributed by atoms with Crippen molar-refractivity contribution < 1.29 is 0 Å². The Labute approximate surface area is 114 Å². The first kappa shape index (κ1) is 12.6. The van der Waals surface area contributed by atoms with Crippen LogP contribution < -0.4 is 0 Å². The van der Waals surface area contributed by atoms with Gasteiger partial charge in [-0.05, 0) is 47.5 Å². The minimum atomic E-state index is 0.461. The molecule has 16 heavy (non-hydrogen) atoms. The predicted octanol–water partition coefficient (Wildman–Crippen LogP) is 3.99. The maximum absolute atomic E-state index is 4.47. The Bertz CT molecular complexity index is 379. The fraction of sp³-hybridized carbons (Fsp3) is 0.750. The van der Waals surface area contributed by atoms with Crippen molar-refractivity contribution in [3.05, 3.63) is 15.9 Å². The standard InChI is InChI=1S/C12H18Br2N2/c1-9-11(14)10(16(2)15-9)7-12(8-13)5-3-4-6-12/h3-8H2,1-2H3. The number of nitrogens with zero attached hydrogens (tertiary/aromatic N) is 2. The van der Waals surface area contributed by atoms with E-state index in [4.69, 9.17) is 0 Å². The smallest absolute Gasteiger partial charge is 0.0738 e. The number of alkyl halides is 1. The van der Waals surface area contributed by atoms with Crippen LogP contribution >= 0.6 is 31.9 Å². The molecule has 4 heteroatoms. The summed E-state index contributed by atoms with van der Waals surface area (Å²) in [5, 5.41) is 5.58. The van der Waals surface area contributed by atoms with Crippen molar-refractivity contribution >= 4 is 31.9 Å². The third kappa shape index (κ3) is 2.23. The zero-order valence-electron chi connectivity index (χ0n) is 9.89. The second-order valence-corrected chi connectivity index (χ2v) is 6.34. The van der Waals surface area contributed by atoms with Crippen LogP contribution in [0.15, 0.2) is 4.47 Å². The molecule has 0 bridgehead atoms. The monoisotopic (exact) mass is 348 g/mol. The average molecular weight is 350 g/mol. The molecular formula is C12H18Br2N2. The molecule has 1 aromatic rings. The van der Waals surface area contributed by atoms with Crippen LogP contribution in [0.25, 0.3) is 0 Å². The maximum Gasteiger partial charge on any atom is 0.0738 e.